The van der Waals surface area contributed by atoms with Crippen molar-refractivity contribution < 1.29 is 9.90 Å². The van der Waals surface area contributed by atoms with Gasteiger partial charge in [0.25, 0.3) is 5.56 Å². The predicted octanol–water partition coefficient (Wildman–Crippen LogP) is 4.07. The van der Waals surface area contributed by atoms with E-state index in [9.17, 15) is 9.59 Å². The Kier molecular flexibility index (Phi) is 4.45. The summed E-state index contributed by atoms with van der Waals surface area (Å²) in [6.45, 7) is 6.15. The quantitative estimate of drug-likeness (QED) is 0.782. The van der Waals surface area contributed by atoms with Crippen LogP contribution in [0.15, 0.2) is 47.3 Å². The number of pyridine rings is 1. The van der Waals surface area contributed by atoms with Crippen LogP contribution in [0.1, 0.15) is 23.1 Å². The summed E-state index contributed by atoms with van der Waals surface area (Å²) >= 11 is 0. The van der Waals surface area contributed by atoms with Gasteiger partial charge in [0.1, 0.15) is 0 Å². The normalized spacial score (nSPS) is 11.0. The molecule has 0 saturated heterocycles. The maximum atomic E-state index is 13.1. The van der Waals surface area contributed by atoms with Crippen molar-refractivity contribution in [2.75, 3.05) is 0 Å². The number of carbonyl (C=O) groups is 1. The predicted molar refractivity (Wildman–Crippen MR) is 100 cm³/mol. The molecule has 3 rings (SSSR count). The Balaban J connectivity index is 2.31. The number of aromatic nitrogens is 1. The van der Waals surface area contributed by atoms with Gasteiger partial charge < -0.3 is 9.67 Å². The van der Waals surface area contributed by atoms with E-state index in [2.05, 4.69) is 6.07 Å². The maximum Gasteiger partial charge on any atom is 0.305 e. The first-order valence-electron chi connectivity index (χ1n) is 8.30. The molecule has 128 valence electrons. The summed E-state index contributed by atoms with van der Waals surface area (Å²) in [5, 5.41) is 10.0. The molecule has 0 fully saturated rings. The third kappa shape index (κ3) is 3.33. The van der Waals surface area contributed by atoms with Crippen LogP contribution >= 0.6 is 0 Å². The van der Waals surface area contributed by atoms with Gasteiger partial charge in [-0.25, -0.2) is 0 Å². The van der Waals surface area contributed by atoms with E-state index in [0.29, 0.717) is 5.56 Å². The van der Waals surface area contributed by atoms with E-state index in [1.807, 2.05) is 57.2 Å². The molecule has 0 amide bonds. The molecule has 0 aliphatic rings. The van der Waals surface area contributed by atoms with Gasteiger partial charge in [0, 0.05) is 17.5 Å². The Labute approximate surface area is 146 Å². The van der Waals surface area contributed by atoms with Crippen molar-refractivity contribution in [2.24, 2.45) is 0 Å². The number of aliphatic carboxylic acids is 1. The molecule has 25 heavy (non-hydrogen) atoms. The monoisotopic (exact) mass is 335 g/mol. The van der Waals surface area contributed by atoms with E-state index < -0.39 is 5.97 Å². The number of aryl methyl sites for hydroxylation is 4. The first kappa shape index (κ1) is 17.0. The second-order valence-corrected chi connectivity index (χ2v) is 6.54. The SMILES string of the molecule is Cc1ccc(-c2cc3c(C)cc(C)cc3n(CCC(=O)O)c2=O)cc1. The van der Waals surface area contributed by atoms with Crippen LogP contribution in [0.25, 0.3) is 22.0 Å². The molecule has 0 radical (unpaired) electrons. The molecule has 4 heteroatoms. The lowest BCUT2D eigenvalue weighted by Crippen LogP contribution is -2.23. The molecule has 0 atom stereocenters. The number of hydrogen-bond donors (Lipinski definition) is 1. The van der Waals surface area contributed by atoms with Gasteiger partial charge in [-0.3, -0.25) is 9.59 Å². The van der Waals surface area contributed by atoms with Crippen molar-refractivity contribution in [3.8, 4) is 11.1 Å². The number of rotatable bonds is 4. The first-order chi connectivity index (χ1) is 11.9. The van der Waals surface area contributed by atoms with Gasteiger partial charge in [0.15, 0.2) is 0 Å². The lowest BCUT2D eigenvalue weighted by atomic mass is 10.00. The largest absolute Gasteiger partial charge is 0.481 e. The number of nitrogens with zero attached hydrogens (tertiary/aromatic N) is 1. The molecular formula is C21H21NO3. The summed E-state index contributed by atoms with van der Waals surface area (Å²) < 4.78 is 1.60. The summed E-state index contributed by atoms with van der Waals surface area (Å²) in [6, 6.07) is 13.8. The van der Waals surface area contributed by atoms with Crippen LogP contribution in [0.2, 0.25) is 0 Å². The van der Waals surface area contributed by atoms with E-state index in [1.54, 1.807) is 4.57 Å². The smallest absolute Gasteiger partial charge is 0.305 e. The average molecular weight is 335 g/mol. The van der Waals surface area contributed by atoms with E-state index in [0.717, 1.165) is 33.2 Å². The number of carboxylic acids is 1. The molecule has 0 aliphatic carbocycles. The zero-order chi connectivity index (χ0) is 18.1. The highest BCUT2D eigenvalue weighted by atomic mass is 16.4. The van der Waals surface area contributed by atoms with E-state index in [-0.39, 0.29) is 18.5 Å². The van der Waals surface area contributed by atoms with Gasteiger partial charge in [-0.1, -0.05) is 35.9 Å². The minimum atomic E-state index is -0.912. The van der Waals surface area contributed by atoms with Gasteiger partial charge in [0.05, 0.1) is 11.9 Å². The second-order valence-electron chi connectivity index (χ2n) is 6.54. The summed E-state index contributed by atoms with van der Waals surface area (Å²) in [5.74, 6) is -0.912. The Morgan fingerprint density at radius 2 is 1.68 bits per heavy atom. The van der Waals surface area contributed by atoms with Crippen molar-refractivity contribution in [3.63, 3.8) is 0 Å². The van der Waals surface area contributed by atoms with Crippen LogP contribution in [0.4, 0.5) is 0 Å². The Hall–Kier alpha value is -2.88. The summed E-state index contributed by atoms with van der Waals surface area (Å²) in [5.41, 5.74) is 5.35. The highest BCUT2D eigenvalue weighted by Crippen LogP contribution is 2.25. The molecule has 1 heterocycles. The van der Waals surface area contributed by atoms with Gasteiger partial charge in [-0.05, 0) is 49.6 Å². The fourth-order valence-electron chi connectivity index (χ4n) is 3.20. The van der Waals surface area contributed by atoms with Crippen LogP contribution in [0.3, 0.4) is 0 Å². The Morgan fingerprint density at radius 3 is 2.32 bits per heavy atom. The number of fused-ring (bicyclic) bond motifs is 1. The minimum Gasteiger partial charge on any atom is -0.481 e. The van der Waals surface area contributed by atoms with Crippen LogP contribution in [0, 0.1) is 20.8 Å². The van der Waals surface area contributed by atoms with E-state index in [4.69, 9.17) is 5.11 Å². The molecule has 0 unspecified atom stereocenters. The van der Waals surface area contributed by atoms with Crippen molar-refractivity contribution in [1.29, 1.82) is 0 Å². The highest BCUT2D eigenvalue weighted by molar-refractivity contribution is 5.87. The lowest BCUT2D eigenvalue weighted by Gasteiger charge is -2.15. The number of hydrogen-bond acceptors (Lipinski definition) is 2. The lowest BCUT2D eigenvalue weighted by molar-refractivity contribution is -0.137. The number of benzene rings is 2. The van der Waals surface area contributed by atoms with Gasteiger partial charge in [-0.15, -0.1) is 0 Å². The zero-order valence-corrected chi connectivity index (χ0v) is 14.7. The van der Waals surface area contributed by atoms with Crippen molar-refractivity contribution in [1.82, 2.24) is 4.57 Å². The van der Waals surface area contributed by atoms with Crippen LogP contribution in [0.5, 0.6) is 0 Å². The molecule has 0 spiro atoms. The van der Waals surface area contributed by atoms with E-state index in [1.165, 1.54) is 0 Å². The molecule has 0 saturated carbocycles. The van der Waals surface area contributed by atoms with Crippen molar-refractivity contribution in [3.05, 3.63) is 69.5 Å². The molecule has 2 aromatic carbocycles. The average Bonchev–Trinajstić information content (AvgIpc) is 2.54. The van der Waals surface area contributed by atoms with Crippen LogP contribution in [-0.2, 0) is 11.3 Å². The first-order valence-corrected chi connectivity index (χ1v) is 8.30. The summed E-state index contributed by atoms with van der Waals surface area (Å²) in [7, 11) is 0. The third-order valence-electron chi connectivity index (χ3n) is 4.48. The maximum absolute atomic E-state index is 13.1. The van der Waals surface area contributed by atoms with Gasteiger partial charge >= 0.3 is 5.97 Å². The minimum absolute atomic E-state index is 0.0840. The summed E-state index contributed by atoms with van der Waals surface area (Å²) in [6.07, 6.45) is -0.0840. The molecule has 1 N–H and O–H groups in total. The Bertz CT molecular complexity index is 1010. The topological polar surface area (TPSA) is 59.3 Å². The van der Waals surface area contributed by atoms with Crippen molar-refractivity contribution in [2.45, 2.75) is 33.7 Å². The number of carboxylic acid groups (broad SMARTS) is 1. The van der Waals surface area contributed by atoms with Crippen LogP contribution < -0.4 is 5.56 Å². The molecule has 4 nitrogen and oxygen atoms in total. The molecular weight excluding hydrogens is 314 g/mol. The Morgan fingerprint density at radius 1 is 1.00 bits per heavy atom. The molecule has 1 aromatic heterocycles. The van der Waals surface area contributed by atoms with Crippen LogP contribution in [-0.4, -0.2) is 15.6 Å². The van der Waals surface area contributed by atoms with Crippen molar-refractivity contribution >= 4 is 16.9 Å². The fraction of sp³-hybridized carbons (Fsp3) is 0.238. The van der Waals surface area contributed by atoms with E-state index >= 15 is 0 Å². The molecule has 0 bridgehead atoms. The standard InChI is InChI=1S/C21H21NO3/c1-13-4-6-16(7-5-13)18-12-17-15(3)10-14(2)11-19(17)22(21(18)25)9-8-20(23)24/h4-7,10-12H,8-9H2,1-3H3,(H,23,24). The van der Waals surface area contributed by atoms with Gasteiger partial charge in [-0.2, -0.15) is 0 Å². The second kappa shape index (κ2) is 6.55. The third-order valence-corrected chi connectivity index (χ3v) is 4.48. The summed E-state index contributed by atoms with van der Waals surface area (Å²) in [4.78, 5) is 24.1. The molecule has 0 aliphatic heterocycles. The highest BCUT2D eigenvalue weighted by Gasteiger charge is 2.14. The molecule has 3 aromatic rings. The van der Waals surface area contributed by atoms with Gasteiger partial charge in [0.2, 0.25) is 0 Å². The fourth-order valence-corrected chi connectivity index (χ4v) is 3.20. The zero-order valence-electron chi connectivity index (χ0n) is 14.7.